The Bertz CT molecular complexity index is 525. The second kappa shape index (κ2) is 3.91. The van der Waals surface area contributed by atoms with Gasteiger partial charge in [-0.25, -0.2) is 4.98 Å². The molecule has 82 valence electrons. The van der Waals surface area contributed by atoms with E-state index >= 15 is 0 Å². The van der Waals surface area contributed by atoms with Crippen molar-refractivity contribution < 1.29 is 4.74 Å². The number of aromatic nitrogens is 2. The van der Waals surface area contributed by atoms with Crippen molar-refractivity contribution in [3.63, 3.8) is 0 Å². The molecule has 3 rings (SSSR count). The summed E-state index contributed by atoms with van der Waals surface area (Å²) in [5, 5.41) is 1.44. The van der Waals surface area contributed by atoms with E-state index < -0.39 is 0 Å². The van der Waals surface area contributed by atoms with Crippen molar-refractivity contribution in [2.24, 2.45) is 0 Å². The van der Waals surface area contributed by atoms with Crippen LogP contribution in [0.1, 0.15) is 19.3 Å². The average molecular weight is 235 g/mol. The van der Waals surface area contributed by atoms with Crippen molar-refractivity contribution in [3.05, 3.63) is 29.7 Å². The van der Waals surface area contributed by atoms with E-state index in [0.29, 0.717) is 11.3 Å². The van der Waals surface area contributed by atoms with Crippen LogP contribution in [0.25, 0.3) is 10.9 Å². The van der Waals surface area contributed by atoms with Crippen LogP contribution < -0.4 is 4.74 Å². The Kier molecular flexibility index (Phi) is 2.40. The van der Waals surface area contributed by atoms with Crippen LogP contribution in [0, 0.1) is 0 Å². The van der Waals surface area contributed by atoms with Gasteiger partial charge in [-0.05, 0) is 31.4 Å². The Morgan fingerprint density at radius 3 is 2.88 bits per heavy atom. The minimum Gasteiger partial charge on any atom is -0.487 e. The van der Waals surface area contributed by atoms with Crippen molar-refractivity contribution in [1.29, 1.82) is 0 Å². The van der Waals surface area contributed by atoms with Gasteiger partial charge in [-0.15, -0.1) is 0 Å². The van der Waals surface area contributed by atoms with Gasteiger partial charge in [0.2, 0.25) is 0 Å². The number of pyridine rings is 2. The quantitative estimate of drug-likeness (QED) is 0.749. The standard InChI is InChI=1S/C12H11ClN2O/c13-11-5-4-8-6-14-7-10(12(8)15-11)16-9-2-1-3-9/h4-7,9H,1-3H2. The van der Waals surface area contributed by atoms with Crippen molar-refractivity contribution in [2.75, 3.05) is 0 Å². The Balaban J connectivity index is 2.04. The monoisotopic (exact) mass is 234 g/mol. The van der Waals surface area contributed by atoms with Crippen molar-refractivity contribution in [1.82, 2.24) is 9.97 Å². The smallest absolute Gasteiger partial charge is 0.164 e. The molecule has 0 spiro atoms. The zero-order valence-corrected chi connectivity index (χ0v) is 9.44. The third-order valence-electron chi connectivity index (χ3n) is 2.88. The number of nitrogens with zero attached hydrogens (tertiary/aromatic N) is 2. The fourth-order valence-corrected chi connectivity index (χ4v) is 1.90. The van der Waals surface area contributed by atoms with E-state index in [0.717, 1.165) is 29.5 Å². The Morgan fingerprint density at radius 2 is 2.12 bits per heavy atom. The molecule has 1 aliphatic carbocycles. The maximum Gasteiger partial charge on any atom is 0.164 e. The molecule has 2 heterocycles. The van der Waals surface area contributed by atoms with E-state index in [1.54, 1.807) is 18.5 Å². The summed E-state index contributed by atoms with van der Waals surface area (Å²) in [6, 6.07) is 3.67. The van der Waals surface area contributed by atoms with Gasteiger partial charge in [0, 0.05) is 11.6 Å². The third kappa shape index (κ3) is 1.71. The summed E-state index contributed by atoms with van der Waals surface area (Å²) in [5.41, 5.74) is 0.800. The number of hydrogen-bond donors (Lipinski definition) is 0. The fraction of sp³-hybridized carbons (Fsp3) is 0.333. The van der Waals surface area contributed by atoms with Crippen LogP contribution in [0.3, 0.4) is 0 Å². The maximum absolute atomic E-state index is 5.89. The highest BCUT2D eigenvalue weighted by molar-refractivity contribution is 6.29. The zero-order chi connectivity index (χ0) is 11.0. The molecule has 1 fully saturated rings. The van der Waals surface area contributed by atoms with Crippen LogP contribution >= 0.6 is 11.6 Å². The second-order valence-corrected chi connectivity index (χ2v) is 4.40. The van der Waals surface area contributed by atoms with Crippen molar-refractivity contribution in [2.45, 2.75) is 25.4 Å². The molecule has 2 aromatic rings. The van der Waals surface area contributed by atoms with Crippen LogP contribution in [-0.2, 0) is 0 Å². The third-order valence-corrected chi connectivity index (χ3v) is 3.09. The summed E-state index contributed by atoms with van der Waals surface area (Å²) < 4.78 is 5.83. The van der Waals surface area contributed by atoms with Crippen LogP contribution in [0.2, 0.25) is 5.15 Å². The summed E-state index contributed by atoms with van der Waals surface area (Å²) in [6.07, 6.45) is 7.30. The van der Waals surface area contributed by atoms with Gasteiger partial charge in [0.1, 0.15) is 10.7 Å². The topological polar surface area (TPSA) is 35.0 Å². The first kappa shape index (κ1) is 9.85. The highest BCUT2D eigenvalue weighted by Gasteiger charge is 2.20. The average Bonchev–Trinajstić information content (AvgIpc) is 2.23. The zero-order valence-electron chi connectivity index (χ0n) is 8.69. The van der Waals surface area contributed by atoms with Gasteiger partial charge in [-0.1, -0.05) is 11.6 Å². The lowest BCUT2D eigenvalue weighted by Gasteiger charge is -2.26. The molecule has 0 aromatic carbocycles. The highest BCUT2D eigenvalue weighted by Crippen LogP contribution is 2.29. The minimum absolute atomic E-state index is 0.327. The van der Waals surface area contributed by atoms with Crippen LogP contribution in [0.15, 0.2) is 24.5 Å². The van der Waals surface area contributed by atoms with E-state index in [2.05, 4.69) is 9.97 Å². The lowest BCUT2D eigenvalue weighted by atomic mass is 9.96. The van der Waals surface area contributed by atoms with Crippen LogP contribution in [0.5, 0.6) is 5.75 Å². The molecule has 1 aliphatic rings. The molecule has 16 heavy (non-hydrogen) atoms. The highest BCUT2D eigenvalue weighted by atomic mass is 35.5. The molecule has 0 bridgehead atoms. The molecule has 0 saturated heterocycles. The molecular weight excluding hydrogens is 224 g/mol. The van der Waals surface area contributed by atoms with Crippen LogP contribution in [-0.4, -0.2) is 16.1 Å². The molecule has 0 radical (unpaired) electrons. The van der Waals surface area contributed by atoms with Gasteiger partial charge >= 0.3 is 0 Å². The number of hydrogen-bond acceptors (Lipinski definition) is 3. The number of ether oxygens (including phenoxy) is 1. The first-order valence-electron chi connectivity index (χ1n) is 5.40. The fourth-order valence-electron chi connectivity index (χ4n) is 1.75. The normalized spacial score (nSPS) is 16.1. The molecule has 4 heteroatoms. The van der Waals surface area contributed by atoms with Gasteiger partial charge in [-0.2, -0.15) is 0 Å². The molecule has 0 unspecified atom stereocenters. The molecule has 0 N–H and O–H groups in total. The first-order valence-corrected chi connectivity index (χ1v) is 5.77. The van der Waals surface area contributed by atoms with E-state index in [9.17, 15) is 0 Å². The van der Waals surface area contributed by atoms with Gasteiger partial charge in [0.15, 0.2) is 5.75 Å². The summed E-state index contributed by atoms with van der Waals surface area (Å²) in [4.78, 5) is 8.43. The first-order chi connectivity index (χ1) is 7.83. The number of rotatable bonds is 2. The number of fused-ring (bicyclic) bond motifs is 1. The van der Waals surface area contributed by atoms with Gasteiger partial charge < -0.3 is 4.74 Å². The van der Waals surface area contributed by atoms with E-state index in [4.69, 9.17) is 16.3 Å². The molecule has 0 amide bonds. The largest absolute Gasteiger partial charge is 0.487 e. The van der Waals surface area contributed by atoms with E-state index in [1.165, 1.54) is 6.42 Å². The van der Waals surface area contributed by atoms with Gasteiger partial charge in [0.25, 0.3) is 0 Å². The van der Waals surface area contributed by atoms with Crippen molar-refractivity contribution >= 4 is 22.5 Å². The number of halogens is 1. The molecule has 0 aliphatic heterocycles. The molecular formula is C12H11ClN2O. The minimum atomic E-state index is 0.327. The predicted molar refractivity (Wildman–Crippen MR) is 62.8 cm³/mol. The molecule has 3 nitrogen and oxygen atoms in total. The summed E-state index contributed by atoms with van der Waals surface area (Å²) in [6.45, 7) is 0. The molecule has 0 atom stereocenters. The lowest BCUT2D eigenvalue weighted by Crippen LogP contribution is -2.24. The van der Waals surface area contributed by atoms with Gasteiger partial charge in [-0.3, -0.25) is 4.98 Å². The molecule has 1 saturated carbocycles. The summed E-state index contributed by atoms with van der Waals surface area (Å²) in [5.74, 6) is 0.740. The Labute approximate surface area is 98.4 Å². The summed E-state index contributed by atoms with van der Waals surface area (Å²) in [7, 11) is 0. The lowest BCUT2D eigenvalue weighted by molar-refractivity contribution is 0.121. The SMILES string of the molecule is Clc1ccc2cncc(OC3CCC3)c2n1. The molecule has 2 aromatic heterocycles. The Hall–Kier alpha value is -1.35. The Morgan fingerprint density at radius 1 is 1.25 bits per heavy atom. The van der Waals surface area contributed by atoms with Gasteiger partial charge in [0.05, 0.1) is 12.3 Å². The second-order valence-electron chi connectivity index (χ2n) is 4.01. The maximum atomic E-state index is 5.89. The summed E-state index contributed by atoms with van der Waals surface area (Å²) >= 11 is 5.89. The van der Waals surface area contributed by atoms with Crippen molar-refractivity contribution in [3.8, 4) is 5.75 Å². The van der Waals surface area contributed by atoms with Crippen LogP contribution in [0.4, 0.5) is 0 Å². The van der Waals surface area contributed by atoms with E-state index in [1.807, 2.05) is 6.07 Å². The predicted octanol–water partition coefficient (Wildman–Crippen LogP) is 3.21. The van der Waals surface area contributed by atoms with E-state index in [-0.39, 0.29) is 0 Å².